The fourth-order valence-corrected chi connectivity index (χ4v) is 3.21. The van der Waals surface area contributed by atoms with Gasteiger partial charge >= 0.3 is 0 Å². The lowest BCUT2D eigenvalue weighted by molar-refractivity contribution is 0.104. The average Bonchev–Trinajstić information content (AvgIpc) is 2.72. The van der Waals surface area contributed by atoms with Crippen molar-refractivity contribution in [2.75, 3.05) is 0 Å². The molecule has 0 aliphatic rings. The van der Waals surface area contributed by atoms with Gasteiger partial charge in [0.05, 0.1) is 5.56 Å². The molecule has 0 aliphatic heterocycles. The quantitative estimate of drug-likeness (QED) is 0.395. The Bertz CT molecular complexity index is 1240. The minimum absolute atomic E-state index is 0.0864. The topological polar surface area (TPSA) is 49.9 Å². The lowest BCUT2D eigenvalue weighted by Gasteiger charge is -2.11. The molecule has 0 bridgehead atoms. The van der Waals surface area contributed by atoms with E-state index < -0.39 is 11.3 Å². The van der Waals surface area contributed by atoms with Crippen molar-refractivity contribution >= 4 is 22.8 Å². The monoisotopic (exact) mass is 369 g/mol. The number of carbonyl (C=O) groups excluding carboxylic acids is 1. The summed E-state index contributed by atoms with van der Waals surface area (Å²) in [5.74, 6) is -0.754. The van der Waals surface area contributed by atoms with Crippen molar-refractivity contribution < 1.29 is 9.18 Å². The second-order valence-corrected chi connectivity index (χ2v) is 6.36. The molecule has 4 heteroatoms. The fourth-order valence-electron chi connectivity index (χ4n) is 3.21. The molecule has 4 aromatic rings. The number of fused-ring (bicyclic) bond motifs is 1. The molecule has 0 saturated heterocycles. The van der Waals surface area contributed by atoms with Gasteiger partial charge in [-0.25, -0.2) is 4.39 Å². The third-order valence-electron chi connectivity index (χ3n) is 4.53. The third-order valence-corrected chi connectivity index (χ3v) is 4.53. The van der Waals surface area contributed by atoms with E-state index >= 15 is 0 Å². The second kappa shape index (κ2) is 7.45. The Morgan fingerprint density at radius 2 is 1.54 bits per heavy atom. The molecule has 0 saturated carbocycles. The number of ketones is 1. The number of H-pyrrole nitrogens is 1. The van der Waals surface area contributed by atoms with Crippen LogP contribution in [0.5, 0.6) is 0 Å². The maximum absolute atomic E-state index is 13.1. The summed E-state index contributed by atoms with van der Waals surface area (Å²) >= 11 is 0. The maximum Gasteiger partial charge on any atom is 0.260 e. The van der Waals surface area contributed by atoms with E-state index in [9.17, 15) is 14.0 Å². The van der Waals surface area contributed by atoms with Crippen LogP contribution in [0.1, 0.15) is 15.9 Å². The van der Waals surface area contributed by atoms with Gasteiger partial charge in [0.1, 0.15) is 5.82 Å². The van der Waals surface area contributed by atoms with Crippen molar-refractivity contribution in [3.63, 3.8) is 0 Å². The largest absolute Gasteiger partial charge is 0.321 e. The number of aromatic amines is 1. The average molecular weight is 369 g/mol. The van der Waals surface area contributed by atoms with E-state index in [-0.39, 0.29) is 11.4 Å². The normalized spacial score (nSPS) is 11.2. The molecule has 0 unspecified atom stereocenters. The highest BCUT2D eigenvalue weighted by Gasteiger charge is 2.18. The summed E-state index contributed by atoms with van der Waals surface area (Å²) < 4.78 is 13.1. The molecule has 3 nitrogen and oxygen atoms in total. The van der Waals surface area contributed by atoms with Gasteiger partial charge in [0.25, 0.3) is 5.56 Å². The first-order valence-corrected chi connectivity index (χ1v) is 8.82. The lowest BCUT2D eigenvalue weighted by Crippen LogP contribution is -2.18. The molecule has 136 valence electrons. The van der Waals surface area contributed by atoms with Gasteiger partial charge in [-0.05, 0) is 35.4 Å². The highest BCUT2D eigenvalue weighted by atomic mass is 19.1. The van der Waals surface area contributed by atoms with Crippen LogP contribution in [-0.4, -0.2) is 10.8 Å². The van der Waals surface area contributed by atoms with Gasteiger partial charge in [-0.2, -0.15) is 0 Å². The number of carbonyl (C=O) groups is 1. The van der Waals surface area contributed by atoms with Crippen molar-refractivity contribution in [3.05, 3.63) is 112 Å². The number of hydrogen-bond donors (Lipinski definition) is 1. The summed E-state index contributed by atoms with van der Waals surface area (Å²) in [6.07, 6.45) is 2.92. The number of para-hydroxylation sites is 1. The molecule has 3 aromatic carbocycles. The van der Waals surface area contributed by atoms with Gasteiger partial charge in [0.2, 0.25) is 0 Å². The van der Waals surface area contributed by atoms with Crippen molar-refractivity contribution in [2.24, 2.45) is 0 Å². The number of nitrogens with one attached hydrogen (secondary N) is 1. The van der Waals surface area contributed by atoms with Crippen LogP contribution in [0.4, 0.5) is 4.39 Å². The Labute approximate surface area is 160 Å². The zero-order valence-electron chi connectivity index (χ0n) is 14.9. The van der Waals surface area contributed by atoms with Crippen molar-refractivity contribution in [1.29, 1.82) is 0 Å². The number of allylic oxidation sites excluding steroid dienone is 1. The predicted octanol–water partition coefficient (Wildman–Crippen LogP) is 5.23. The summed E-state index contributed by atoms with van der Waals surface area (Å²) in [6, 6.07) is 22.6. The zero-order chi connectivity index (χ0) is 19.5. The van der Waals surface area contributed by atoms with Gasteiger partial charge in [0.15, 0.2) is 5.78 Å². The molecule has 1 aromatic heterocycles. The van der Waals surface area contributed by atoms with Gasteiger partial charge in [-0.15, -0.1) is 0 Å². The first-order valence-electron chi connectivity index (χ1n) is 8.82. The van der Waals surface area contributed by atoms with E-state index in [4.69, 9.17) is 0 Å². The molecule has 0 aliphatic carbocycles. The molecule has 1 heterocycles. The highest BCUT2D eigenvalue weighted by Crippen LogP contribution is 2.29. The minimum atomic E-state index is -0.439. The number of hydrogen-bond acceptors (Lipinski definition) is 2. The van der Waals surface area contributed by atoms with E-state index in [2.05, 4.69) is 4.98 Å². The Morgan fingerprint density at radius 1 is 0.857 bits per heavy atom. The fraction of sp³-hybridized carbons (Fsp3) is 0. The number of rotatable bonds is 4. The van der Waals surface area contributed by atoms with Crippen LogP contribution in [0.25, 0.3) is 28.1 Å². The summed E-state index contributed by atoms with van der Waals surface area (Å²) in [5.41, 5.74) is 2.39. The molecule has 0 fully saturated rings. The SMILES string of the molecule is O=C(C=Cc1ccc(F)cc1)c1c(-c2ccccc2)c2ccccc2[nH]c1=O. The van der Waals surface area contributed by atoms with Gasteiger partial charge in [0, 0.05) is 16.5 Å². The van der Waals surface area contributed by atoms with E-state index in [1.807, 2.05) is 54.6 Å². The van der Waals surface area contributed by atoms with E-state index in [1.54, 1.807) is 18.2 Å². The Morgan fingerprint density at radius 3 is 2.29 bits per heavy atom. The predicted molar refractivity (Wildman–Crippen MR) is 110 cm³/mol. The van der Waals surface area contributed by atoms with Crippen LogP contribution in [-0.2, 0) is 0 Å². The van der Waals surface area contributed by atoms with Crippen LogP contribution >= 0.6 is 0 Å². The zero-order valence-corrected chi connectivity index (χ0v) is 14.9. The van der Waals surface area contributed by atoms with E-state index in [0.717, 1.165) is 10.9 Å². The molecule has 0 amide bonds. The molecular formula is C24H16FNO2. The van der Waals surface area contributed by atoms with Crippen molar-refractivity contribution in [1.82, 2.24) is 4.98 Å². The first kappa shape index (κ1) is 17.6. The number of benzene rings is 3. The molecule has 0 atom stereocenters. The Balaban J connectivity index is 1.88. The molecular weight excluding hydrogens is 353 g/mol. The molecule has 28 heavy (non-hydrogen) atoms. The minimum Gasteiger partial charge on any atom is -0.321 e. The van der Waals surface area contributed by atoms with Gasteiger partial charge in [-0.1, -0.05) is 66.7 Å². The Hall–Kier alpha value is -3.79. The number of halogens is 1. The number of pyridine rings is 1. The summed E-state index contributed by atoms with van der Waals surface area (Å²) in [4.78, 5) is 28.5. The maximum atomic E-state index is 13.1. The third kappa shape index (κ3) is 3.40. The Kier molecular flexibility index (Phi) is 4.68. The van der Waals surface area contributed by atoms with Crippen molar-refractivity contribution in [3.8, 4) is 11.1 Å². The summed E-state index contributed by atoms with van der Waals surface area (Å²) in [5, 5.41) is 0.798. The van der Waals surface area contributed by atoms with Crippen LogP contribution in [0.2, 0.25) is 0 Å². The first-order chi connectivity index (χ1) is 13.6. The molecule has 0 radical (unpaired) electrons. The molecule has 0 spiro atoms. The van der Waals surface area contributed by atoms with Crippen LogP contribution in [0, 0.1) is 5.82 Å². The van der Waals surface area contributed by atoms with Gasteiger partial charge < -0.3 is 4.98 Å². The molecule has 4 rings (SSSR count). The van der Waals surface area contributed by atoms with Crippen molar-refractivity contribution in [2.45, 2.75) is 0 Å². The summed E-state index contributed by atoms with van der Waals surface area (Å²) in [6.45, 7) is 0. The van der Waals surface area contributed by atoms with Crippen LogP contribution in [0.15, 0.2) is 89.7 Å². The molecule has 1 N–H and O–H groups in total. The standard InChI is InChI=1S/C24H16FNO2/c25-18-13-10-16(11-14-18)12-15-21(27)23-22(17-6-2-1-3-7-17)19-8-4-5-9-20(19)26-24(23)28/h1-15H,(H,26,28). The second-order valence-electron chi connectivity index (χ2n) is 6.36. The van der Waals surface area contributed by atoms with E-state index in [0.29, 0.717) is 16.6 Å². The lowest BCUT2D eigenvalue weighted by atomic mass is 9.94. The van der Waals surface area contributed by atoms with Crippen LogP contribution < -0.4 is 5.56 Å². The number of aromatic nitrogens is 1. The van der Waals surface area contributed by atoms with Gasteiger partial charge in [-0.3, -0.25) is 9.59 Å². The van der Waals surface area contributed by atoms with Crippen LogP contribution in [0.3, 0.4) is 0 Å². The van der Waals surface area contributed by atoms with E-state index in [1.165, 1.54) is 18.2 Å². The smallest absolute Gasteiger partial charge is 0.260 e. The summed E-state index contributed by atoms with van der Waals surface area (Å²) in [7, 11) is 0. The highest BCUT2D eigenvalue weighted by molar-refractivity contribution is 6.15.